The Morgan fingerprint density at radius 1 is 1.67 bits per heavy atom. The number of hydrogen-bond donors (Lipinski definition) is 2. The van der Waals surface area contributed by atoms with Crippen LogP contribution < -0.4 is 5.32 Å². The second-order valence-electron chi connectivity index (χ2n) is 3.89. The average Bonchev–Trinajstić information content (AvgIpc) is 2.62. The highest BCUT2D eigenvalue weighted by atomic mass is 16.4. The number of nitrogens with one attached hydrogen (secondary N) is 1. The number of nitrogens with zero attached hydrogens (tertiary/aromatic N) is 2. The normalized spacial score (nSPS) is 21.5. The highest BCUT2D eigenvalue weighted by molar-refractivity contribution is 5.85. The van der Waals surface area contributed by atoms with Crippen molar-refractivity contribution in [3.8, 4) is 0 Å². The van der Waals surface area contributed by atoms with Crippen LogP contribution in [0.15, 0.2) is 6.07 Å². The molecular weight excluding hydrogens is 194 g/mol. The minimum absolute atomic E-state index is 0.220. The molecule has 5 nitrogen and oxygen atoms in total. The molecule has 5 heteroatoms. The van der Waals surface area contributed by atoms with Crippen molar-refractivity contribution in [2.45, 2.75) is 25.3 Å². The molecule has 0 spiro atoms. The molecular formula is C10H15N3O2. The highest BCUT2D eigenvalue weighted by Gasteiger charge is 2.20. The van der Waals surface area contributed by atoms with E-state index in [0.717, 1.165) is 18.7 Å². The van der Waals surface area contributed by atoms with Crippen LogP contribution in [0.4, 0.5) is 0 Å². The lowest BCUT2D eigenvalue weighted by Gasteiger charge is -2.21. The molecule has 0 radical (unpaired) electrons. The Hall–Kier alpha value is -1.36. The van der Waals surface area contributed by atoms with Gasteiger partial charge in [0.05, 0.1) is 11.7 Å². The van der Waals surface area contributed by atoms with Crippen molar-refractivity contribution in [3.05, 3.63) is 17.5 Å². The first-order valence-corrected chi connectivity index (χ1v) is 5.19. The number of hydrogen-bond acceptors (Lipinski definition) is 3. The molecule has 1 saturated heterocycles. The van der Waals surface area contributed by atoms with Crippen LogP contribution in [0.2, 0.25) is 0 Å². The lowest BCUT2D eigenvalue weighted by molar-refractivity contribution is 0.0685. The van der Waals surface area contributed by atoms with Crippen molar-refractivity contribution in [1.82, 2.24) is 15.1 Å². The van der Waals surface area contributed by atoms with Gasteiger partial charge in [0, 0.05) is 7.05 Å². The molecule has 0 aromatic carbocycles. The SMILES string of the molecule is Cn1nc([C@@H]2CCCCN2)cc1C(=O)O. The van der Waals surface area contributed by atoms with E-state index in [9.17, 15) is 4.79 Å². The molecule has 1 aromatic rings. The van der Waals surface area contributed by atoms with Crippen LogP contribution in [0, 0.1) is 0 Å². The van der Waals surface area contributed by atoms with E-state index in [1.165, 1.54) is 17.5 Å². The Morgan fingerprint density at radius 2 is 2.47 bits per heavy atom. The summed E-state index contributed by atoms with van der Waals surface area (Å²) in [5.74, 6) is -0.924. The van der Waals surface area contributed by atoms with Crippen molar-refractivity contribution < 1.29 is 9.90 Å². The van der Waals surface area contributed by atoms with E-state index in [-0.39, 0.29) is 11.7 Å². The number of rotatable bonds is 2. The quantitative estimate of drug-likeness (QED) is 0.760. The van der Waals surface area contributed by atoms with E-state index in [4.69, 9.17) is 5.11 Å². The first-order valence-electron chi connectivity index (χ1n) is 5.19. The summed E-state index contributed by atoms with van der Waals surface area (Å²) in [6.07, 6.45) is 3.40. The summed E-state index contributed by atoms with van der Waals surface area (Å²) in [4.78, 5) is 10.8. The molecule has 0 aliphatic carbocycles. The van der Waals surface area contributed by atoms with Crippen molar-refractivity contribution in [2.24, 2.45) is 7.05 Å². The van der Waals surface area contributed by atoms with E-state index < -0.39 is 5.97 Å². The Balaban J connectivity index is 2.21. The zero-order chi connectivity index (χ0) is 10.8. The lowest BCUT2D eigenvalue weighted by Crippen LogP contribution is -2.27. The van der Waals surface area contributed by atoms with Crippen molar-refractivity contribution in [1.29, 1.82) is 0 Å². The molecule has 15 heavy (non-hydrogen) atoms. The van der Waals surface area contributed by atoms with Gasteiger partial charge in [-0.15, -0.1) is 0 Å². The van der Waals surface area contributed by atoms with E-state index in [2.05, 4.69) is 10.4 Å². The minimum Gasteiger partial charge on any atom is -0.477 e. The van der Waals surface area contributed by atoms with Gasteiger partial charge in [0.25, 0.3) is 0 Å². The molecule has 2 heterocycles. The third-order valence-corrected chi connectivity index (χ3v) is 2.79. The average molecular weight is 209 g/mol. The van der Waals surface area contributed by atoms with Crippen LogP contribution >= 0.6 is 0 Å². The molecule has 0 bridgehead atoms. The third kappa shape index (κ3) is 2.02. The van der Waals surface area contributed by atoms with Crippen molar-refractivity contribution >= 4 is 5.97 Å². The molecule has 82 valence electrons. The molecule has 1 fully saturated rings. The summed E-state index contributed by atoms with van der Waals surface area (Å²) in [5, 5.41) is 16.5. The van der Waals surface area contributed by atoms with Gasteiger partial charge in [0.1, 0.15) is 5.69 Å². The van der Waals surface area contributed by atoms with Crippen LogP contribution in [0.3, 0.4) is 0 Å². The summed E-state index contributed by atoms with van der Waals surface area (Å²) in [5.41, 5.74) is 1.09. The lowest BCUT2D eigenvalue weighted by atomic mass is 10.0. The van der Waals surface area contributed by atoms with Gasteiger partial charge in [0.2, 0.25) is 0 Å². The van der Waals surface area contributed by atoms with Crippen molar-refractivity contribution in [2.75, 3.05) is 6.54 Å². The predicted octanol–water partition coefficient (Wildman–Crippen LogP) is 0.933. The topological polar surface area (TPSA) is 67.2 Å². The zero-order valence-electron chi connectivity index (χ0n) is 8.73. The Kier molecular flexibility index (Phi) is 2.73. The maximum atomic E-state index is 10.8. The maximum Gasteiger partial charge on any atom is 0.354 e. The summed E-state index contributed by atoms with van der Waals surface area (Å²) in [6, 6.07) is 1.88. The van der Waals surface area contributed by atoms with Crippen LogP contribution in [-0.2, 0) is 7.05 Å². The van der Waals surface area contributed by atoms with Gasteiger partial charge in [0.15, 0.2) is 0 Å². The number of piperidine rings is 1. The molecule has 2 rings (SSSR count). The molecule has 1 aromatic heterocycles. The van der Waals surface area contributed by atoms with Crippen LogP contribution in [-0.4, -0.2) is 27.4 Å². The summed E-state index contributed by atoms with van der Waals surface area (Å²) in [6.45, 7) is 0.990. The number of carboxylic acids is 1. The first kappa shape index (κ1) is 10.2. The van der Waals surface area contributed by atoms with E-state index in [1.807, 2.05) is 0 Å². The van der Waals surface area contributed by atoms with E-state index >= 15 is 0 Å². The minimum atomic E-state index is -0.924. The zero-order valence-corrected chi connectivity index (χ0v) is 8.73. The first-order chi connectivity index (χ1) is 7.18. The van der Waals surface area contributed by atoms with Crippen LogP contribution in [0.5, 0.6) is 0 Å². The predicted molar refractivity (Wildman–Crippen MR) is 54.8 cm³/mol. The molecule has 0 saturated carbocycles. The molecule has 0 unspecified atom stereocenters. The van der Waals surface area contributed by atoms with Gasteiger partial charge in [-0.05, 0) is 25.5 Å². The molecule has 0 amide bonds. The fourth-order valence-electron chi connectivity index (χ4n) is 1.96. The van der Waals surface area contributed by atoms with E-state index in [0.29, 0.717) is 0 Å². The van der Waals surface area contributed by atoms with Gasteiger partial charge < -0.3 is 10.4 Å². The monoisotopic (exact) mass is 209 g/mol. The van der Waals surface area contributed by atoms with Gasteiger partial charge in [-0.25, -0.2) is 4.79 Å². The second kappa shape index (κ2) is 4.02. The third-order valence-electron chi connectivity index (χ3n) is 2.79. The fourth-order valence-corrected chi connectivity index (χ4v) is 1.96. The summed E-state index contributed by atoms with van der Waals surface area (Å²) < 4.78 is 1.42. The summed E-state index contributed by atoms with van der Waals surface area (Å²) >= 11 is 0. The Bertz CT molecular complexity index is 367. The fraction of sp³-hybridized carbons (Fsp3) is 0.600. The van der Waals surface area contributed by atoms with Gasteiger partial charge in [-0.2, -0.15) is 5.10 Å². The molecule has 1 aliphatic heterocycles. The largest absolute Gasteiger partial charge is 0.477 e. The van der Waals surface area contributed by atoms with Crippen LogP contribution in [0.25, 0.3) is 0 Å². The highest BCUT2D eigenvalue weighted by Crippen LogP contribution is 2.22. The van der Waals surface area contributed by atoms with Crippen molar-refractivity contribution in [3.63, 3.8) is 0 Å². The number of carboxylic acid groups (broad SMARTS) is 1. The van der Waals surface area contributed by atoms with Gasteiger partial charge >= 0.3 is 5.97 Å². The standard InChI is InChI=1S/C10H15N3O2/c1-13-9(10(14)15)6-8(12-13)7-4-2-3-5-11-7/h6-7,11H,2-5H2,1H3,(H,14,15)/t7-/m0/s1. The number of aryl methyl sites for hydroxylation is 1. The van der Waals surface area contributed by atoms with Crippen LogP contribution in [0.1, 0.15) is 41.5 Å². The van der Waals surface area contributed by atoms with E-state index in [1.54, 1.807) is 13.1 Å². The Labute approximate surface area is 88.1 Å². The second-order valence-corrected chi connectivity index (χ2v) is 3.89. The number of carbonyl (C=O) groups is 1. The number of aromatic carboxylic acids is 1. The number of aromatic nitrogens is 2. The smallest absolute Gasteiger partial charge is 0.354 e. The molecule has 1 aliphatic rings. The van der Waals surface area contributed by atoms with Gasteiger partial charge in [-0.1, -0.05) is 6.42 Å². The van der Waals surface area contributed by atoms with Gasteiger partial charge in [-0.3, -0.25) is 4.68 Å². The maximum absolute atomic E-state index is 10.8. The molecule has 1 atom stereocenters. The summed E-state index contributed by atoms with van der Waals surface area (Å²) in [7, 11) is 1.66. The molecule has 2 N–H and O–H groups in total. The Morgan fingerprint density at radius 3 is 3.00 bits per heavy atom.